The van der Waals surface area contributed by atoms with Crippen molar-refractivity contribution in [2.24, 2.45) is 28.8 Å². The number of aryl methyl sites for hydroxylation is 6. The summed E-state index contributed by atoms with van der Waals surface area (Å²) in [6.45, 7) is 29.7. The van der Waals surface area contributed by atoms with Crippen LogP contribution in [0.4, 0.5) is 0 Å². The number of unbranched alkanes of at least 4 members (excludes halogenated alkanes) is 30. The number of carboxylic acid groups (broad SMARTS) is 2. The lowest BCUT2D eigenvalue weighted by molar-refractivity contribution is -0.155. The molecule has 2 aliphatic heterocycles. The summed E-state index contributed by atoms with van der Waals surface area (Å²) in [6, 6.07) is 58.3. The summed E-state index contributed by atoms with van der Waals surface area (Å²) in [5, 5.41) is 34.4. The second kappa shape index (κ2) is 60.0. The van der Waals surface area contributed by atoms with E-state index in [0.29, 0.717) is 18.6 Å². The van der Waals surface area contributed by atoms with Crippen molar-refractivity contribution in [2.75, 3.05) is 39.5 Å². The molecule has 4 atom stereocenters. The van der Waals surface area contributed by atoms with Crippen LogP contribution in [0.25, 0.3) is 120 Å². The number of hydrogen-bond donors (Lipinski definition) is 4. The summed E-state index contributed by atoms with van der Waals surface area (Å²) in [4.78, 5) is 48.0. The summed E-state index contributed by atoms with van der Waals surface area (Å²) >= 11 is 0. The first-order chi connectivity index (χ1) is 69.6. The number of nitrogens with one attached hydrogen (secondary N) is 2. The minimum Gasteiger partial charge on any atom is -0.481 e. The van der Waals surface area contributed by atoms with Crippen LogP contribution >= 0.6 is 0 Å². The number of benzene rings is 8. The van der Waals surface area contributed by atoms with E-state index in [1.165, 1.54) is 384 Å². The molecule has 1 fully saturated rings. The van der Waals surface area contributed by atoms with Crippen LogP contribution in [-0.4, -0.2) is 96.9 Å². The number of hydrazine groups is 2. The van der Waals surface area contributed by atoms with Gasteiger partial charge in [0.25, 0.3) is 0 Å². The zero-order valence-corrected chi connectivity index (χ0v) is 89.2. The highest BCUT2D eigenvalue weighted by atomic mass is 16.5. The van der Waals surface area contributed by atoms with Gasteiger partial charge in [0.1, 0.15) is 6.61 Å². The number of rotatable bonds is 59. The van der Waals surface area contributed by atoms with Crippen molar-refractivity contribution in [3.05, 3.63) is 190 Å². The van der Waals surface area contributed by atoms with Gasteiger partial charge < -0.3 is 48.1 Å². The Bertz CT molecular complexity index is 6110. The lowest BCUT2D eigenvalue weighted by Gasteiger charge is -2.22. The normalized spacial score (nSPS) is 13.4. The SMILES string of the molecule is C#CCOC(=O)C(C)C(C)C(=O)O.C1CCOC1.CCCCCCCCC(CCCCCCCC)n1c2cc(C)ccc2c2ccc(-c3ccc4c5ccc(C)cc5n(CCCCCCCCN5C=C(COC(=O)C(C)C(C)C(=O)O)NN5)c4c3)cc21.CCCCCCCCC(CCCCCCCC)n1c2cc(C)ccc2c2ccc(-c3ccc4c5ccc(C)cc5n(CCCCCCCCN=[N+]=[N-])c4c3)cc21. The maximum Gasteiger partial charge on any atom is 0.310 e. The molecule has 0 radical (unpaired) electrons. The molecule has 4 unspecified atom stereocenters. The Balaban J connectivity index is 0.000000235. The molecule has 8 aromatic carbocycles. The van der Waals surface area contributed by atoms with Gasteiger partial charge >= 0.3 is 23.9 Å². The van der Waals surface area contributed by atoms with E-state index in [1.807, 2.05) is 11.2 Å². The number of esters is 2. The Kier molecular flexibility index (Phi) is 47.1. The molecule has 772 valence electrons. The molecule has 0 bridgehead atoms. The predicted octanol–water partition coefficient (Wildman–Crippen LogP) is 33.8. The first kappa shape index (κ1) is 112. The quantitative estimate of drug-likeness (QED) is 0.00696. The molecule has 6 heterocycles. The number of carboxylic acids is 2. The van der Waals surface area contributed by atoms with Crippen LogP contribution < -0.4 is 11.0 Å². The molecule has 0 amide bonds. The molecule has 1 saturated heterocycles. The second-order valence-corrected chi connectivity index (χ2v) is 41.4. The highest BCUT2D eigenvalue weighted by molar-refractivity contribution is 6.13. The fraction of sp³-hybridized carbons (Fsp3) is 0.548. The van der Waals surface area contributed by atoms with Gasteiger partial charge in [-0.2, -0.15) is 0 Å². The molecular weight excluding hydrogens is 1770 g/mol. The van der Waals surface area contributed by atoms with E-state index >= 15 is 0 Å². The number of ether oxygens (including phenoxy) is 3. The molecule has 12 aromatic rings. The molecule has 2 aliphatic rings. The maximum absolute atomic E-state index is 12.3. The van der Waals surface area contributed by atoms with Crippen molar-refractivity contribution in [3.63, 3.8) is 0 Å². The van der Waals surface area contributed by atoms with E-state index in [1.54, 1.807) is 6.92 Å². The fourth-order valence-corrected chi connectivity index (χ4v) is 21.1. The van der Waals surface area contributed by atoms with Crippen LogP contribution in [0.5, 0.6) is 0 Å². The fourth-order valence-electron chi connectivity index (χ4n) is 21.1. The van der Waals surface area contributed by atoms with Gasteiger partial charge in [0.05, 0.1) is 29.4 Å². The predicted molar refractivity (Wildman–Crippen MR) is 598 cm³/mol. The number of nitrogens with zero attached hydrogens (tertiary/aromatic N) is 8. The van der Waals surface area contributed by atoms with E-state index in [2.05, 4.69) is 251 Å². The zero-order valence-electron chi connectivity index (χ0n) is 89.2. The largest absolute Gasteiger partial charge is 0.481 e. The summed E-state index contributed by atoms with van der Waals surface area (Å²) < 4.78 is 25.7. The average molecular weight is 1950 g/mol. The highest BCUT2D eigenvalue weighted by Crippen LogP contribution is 2.44. The second-order valence-electron chi connectivity index (χ2n) is 41.4. The molecule has 0 spiro atoms. The van der Waals surface area contributed by atoms with Crippen LogP contribution in [0.3, 0.4) is 0 Å². The molecule has 19 heteroatoms. The molecule has 0 aliphatic carbocycles. The third kappa shape index (κ3) is 32.7. The van der Waals surface area contributed by atoms with E-state index in [-0.39, 0.29) is 13.2 Å². The molecule has 143 heavy (non-hydrogen) atoms. The molecular formula is C124H172N10O9. The lowest BCUT2D eigenvalue weighted by Crippen LogP contribution is -2.37. The van der Waals surface area contributed by atoms with Gasteiger partial charge in [0.2, 0.25) is 0 Å². The topological polar surface area (TPSA) is 232 Å². The molecule has 4 N–H and O–H groups in total. The van der Waals surface area contributed by atoms with Crippen molar-refractivity contribution in [2.45, 2.75) is 378 Å². The monoisotopic (exact) mass is 1950 g/mol. The minimum absolute atomic E-state index is 0.0762. The van der Waals surface area contributed by atoms with E-state index in [0.717, 1.165) is 77.1 Å². The summed E-state index contributed by atoms with van der Waals surface area (Å²) in [5.74, 6) is -3.91. The molecule has 4 aromatic heterocycles. The lowest BCUT2D eigenvalue weighted by atomic mass is 9.96. The van der Waals surface area contributed by atoms with Gasteiger partial charge in [-0.3, -0.25) is 24.2 Å². The van der Waals surface area contributed by atoms with Crippen LogP contribution in [0.1, 0.15) is 359 Å². The Labute approximate surface area is 854 Å². The van der Waals surface area contributed by atoms with Crippen molar-refractivity contribution in [1.29, 1.82) is 0 Å². The molecule has 0 saturated carbocycles. The minimum atomic E-state index is -1.02. The zero-order chi connectivity index (χ0) is 102. The smallest absolute Gasteiger partial charge is 0.310 e. The summed E-state index contributed by atoms with van der Waals surface area (Å²) in [7, 11) is 0. The standard InChI is InChI=1S/C60H83N5O4.C51H69N5.C9H12O4.C4H8O/c1-7-9-11-13-17-21-25-50(26-22-18-14-12-10-8-2)65-57-38-44(4)28-32-53(57)54-34-30-48(40-58(54)65)47-29-33-52-51-31-27-43(3)37-55(51)64(56(52)39-47)36-24-20-16-15-19-23-35-63-41-49(61-62-63)42-69-60(68)46(6)45(5)59(66)67;1-5-7-9-11-15-19-23-43(24-20-16-12-10-8-6-2)56-50-36-40(4)26-30-46(50)47-32-28-42(38-51(47)56)41-27-31-45-44-29-25-39(3)35-48(44)55(49(45)37-41)34-22-18-14-13-17-21-33-53-54-52;1-4-5-13-9(12)7(3)6(2)8(10)11;1-2-4-5-3-1/h27-34,37-41,45-46,50,61-62H,7-26,35-36,42H2,1-6H3,(H,66,67);25-32,35-38,43H,5-24,33-34H2,1-4H3;1,6-7H,5H2,2-3H3,(H,10,11);1-4H2. The van der Waals surface area contributed by atoms with Gasteiger partial charge in [-0.25, -0.2) is 0 Å². The van der Waals surface area contributed by atoms with Gasteiger partial charge in [0, 0.05) is 150 Å². The Hall–Kier alpha value is -11.0. The number of fused-ring (bicyclic) bond motifs is 12. The maximum atomic E-state index is 12.3. The highest BCUT2D eigenvalue weighted by Gasteiger charge is 2.30. The molecule has 19 nitrogen and oxygen atoms in total. The van der Waals surface area contributed by atoms with Gasteiger partial charge in [-0.05, 0) is 190 Å². The molecule has 14 rings (SSSR count). The number of aliphatic carboxylic acids is 2. The average Bonchev–Trinajstić information content (AvgIpc) is 1.60. The number of hydrogen-bond acceptors (Lipinski definition) is 11. The van der Waals surface area contributed by atoms with Crippen LogP contribution in [0, 0.1) is 63.7 Å². The Morgan fingerprint density at radius 2 is 0.685 bits per heavy atom. The Morgan fingerprint density at radius 1 is 0.392 bits per heavy atom. The van der Waals surface area contributed by atoms with Crippen molar-refractivity contribution in [3.8, 4) is 34.6 Å². The summed E-state index contributed by atoms with van der Waals surface area (Å²) in [6.07, 6.45) is 60.3. The number of aromatic nitrogens is 4. The third-order valence-electron chi connectivity index (χ3n) is 30.1. The number of carbonyl (C=O) groups is 4. The van der Waals surface area contributed by atoms with Gasteiger partial charge in [0.15, 0.2) is 6.61 Å². The number of terminal acetylenes is 1. The number of azide groups is 1. The first-order valence-corrected chi connectivity index (χ1v) is 55.6. The van der Waals surface area contributed by atoms with E-state index in [9.17, 15) is 24.3 Å². The first-order valence-electron chi connectivity index (χ1n) is 55.6. The van der Waals surface area contributed by atoms with Crippen molar-refractivity contribution < 1.29 is 43.6 Å². The van der Waals surface area contributed by atoms with Crippen LogP contribution in [0.15, 0.2) is 163 Å². The van der Waals surface area contributed by atoms with Gasteiger partial charge in [-0.15, -0.1) is 12.0 Å². The Morgan fingerprint density at radius 3 is 1.02 bits per heavy atom. The van der Waals surface area contributed by atoms with Gasteiger partial charge in [-0.1, -0.05) is 369 Å². The van der Waals surface area contributed by atoms with E-state index < -0.39 is 47.5 Å². The van der Waals surface area contributed by atoms with Crippen LogP contribution in [0.2, 0.25) is 0 Å². The number of carbonyl (C=O) groups excluding carboxylic acids is 2. The van der Waals surface area contributed by atoms with E-state index in [4.69, 9.17) is 26.5 Å². The van der Waals surface area contributed by atoms with Crippen molar-refractivity contribution in [1.82, 2.24) is 34.2 Å². The third-order valence-corrected chi connectivity index (χ3v) is 30.1. The summed E-state index contributed by atoms with van der Waals surface area (Å²) in [5.41, 5.74) is 36.9. The van der Waals surface area contributed by atoms with Crippen LogP contribution in [-0.2, 0) is 46.5 Å². The van der Waals surface area contributed by atoms with Crippen molar-refractivity contribution >= 4 is 111 Å².